The first-order chi connectivity index (χ1) is 7.93. The maximum atomic E-state index is 5.18. The van der Waals surface area contributed by atoms with Gasteiger partial charge in [-0.1, -0.05) is 58.3 Å². The van der Waals surface area contributed by atoms with Gasteiger partial charge in [-0.25, -0.2) is 0 Å². The lowest BCUT2D eigenvalue weighted by molar-refractivity contribution is 0.426. The second-order valence-corrected chi connectivity index (χ2v) is 6.01. The van der Waals surface area contributed by atoms with Crippen molar-refractivity contribution in [2.45, 2.75) is 70.8 Å². The molecule has 16 heavy (non-hydrogen) atoms. The molecule has 1 nitrogen and oxygen atoms in total. The third-order valence-corrected chi connectivity index (χ3v) is 4.28. The number of hydrogen-bond acceptors (Lipinski definition) is 2. The summed E-state index contributed by atoms with van der Waals surface area (Å²) < 4.78 is 5.18. The van der Waals surface area contributed by atoms with Gasteiger partial charge in [-0.2, -0.15) is 11.8 Å². The van der Waals surface area contributed by atoms with Crippen LogP contribution in [0.3, 0.4) is 0 Å². The fourth-order valence-electron chi connectivity index (χ4n) is 1.89. The van der Waals surface area contributed by atoms with Crippen LogP contribution in [0.15, 0.2) is 0 Å². The highest BCUT2D eigenvalue weighted by Gasteiger charge is 2.21. The number of epoxide rings is 1. The number of thioether (sulfide) groups is 1. The van der Waals surface area contributed by atoms with E-state index >= 15 is 0 Å². The molecule has 1 saturated heterocycles. The van der Waals surface area contributed by atoms with Crippen molar-refractivity contribution in [3.63, 3.8) is 0 Å². The van der Waals surface area contributed by atoms with Crippen molar-refractivity contribution in [2.75, 3.05) is 18.1 Å². The van der Waals surface area contributed by atoms with Crippen LogP contribution in [0.1, 0.15) is 64.7 Å². The highest BCUT2D eigenvalue weighted by Crippen LogP contribution is 2.17. The summed E-state index contributed by atoms with van der Waals surface area (Å²) in [4.78, 5) is 0. The van der Waals surface area contributed by atoms with Crippen molar-refractivity contribution in [1.29, 1.82) is 0 Å². The molecular weight excluding hydrogens is 216 g/mol. The molecule has 0 aromatic heterocycles. The molecule has 0 aromatic carbocycles. The zero-order chi connectivity index (χ0) is 11.5. The predicted octanol–water partition coefficient (Wildman–Crippen LogP) is 4.65. The van der Waals surface area contributed by atoms with Crippen molar-refractivity contribution < 1.29 is 4.74 Å². The third kappa shape index (κ3) is 9.53. The van der Waals surface area contributed by atoms with Gasteiger partial charge in [0.2, 0.25) is 0 Å². The van der Waals surface area contributed by atoms with Gasteiger partial charge < -0.3 is 4.74 Å². The molecule has 2 heteroatoms. The first kappa shape index (κ1) is 14.4. The molecule has 1 fully saturated rings. The zero-order valence-electron chi connectivity index (χ0n) is 10.9. The lowest BCUT2D eigenvalue weighted by Gasteiger charge is -2.01. The fraction of sp³-hybridized carbons (Fsp3) is 1.00. The average Bonchev–Trinajstić information content (AvgIpc) is 3.10. The Morgan fingerprint density at radius 2 is 1.50 bits per heavy atom. The van der Waals surface area contributed by atoms with E-state index in [0.717, 1.165) is 6.61 Å². The van der Waals surface area contributed by atoms with Crippen LogP contribution >= 0.6 is 11.8 Å². The second-order valence-electron chi connectivity index (χ2n) is 4.86. The molecule has 1 rings (SSSR count). The van der Waals surface area contributed by atoms with Crippen LogP contribution in [0.2, 0.25) is 0 Å². The minimum absolute atomic E-state index is 0.614. The molecule has 96 valence electrons. The summed E-state index contributed by atoms with van der Waals surface area (Å²) in [5.74, 6) is 2.58. The molecule has 1 heterocycles. The summed E-state index contributed by atoms with van der Waals surface area (Å²) in [6.45, 7) is 3.30. The Kier molecular flexibility index (Phi) is 9.40. The topological polar surface area (TPSA) is 12.5 Å². The molecule has 1 aliphatic heterocycles. The van der Waals surface area contributed by atoms with Crippen LogP contribution in [0.4, 0.5) is 0 Å². The molecule has 0 spiro atoms. The van der Waals surface area contributed by atoms with E-state index in [-0.39, 0.29) is 0 Å². The summed E-state index contributed by atoms with van der Waals surface area (Å²) in [5.41, 5.74) is 0. The van der Waals surface area contributed by atoms with E-state index in [1.165, 1.54) is 69.3 Å². The Morgan fingerprint density at radius 3 is 2.06 bits per heavy atom. The highest BCUT2D eigenvalue weighted by atomic mass is 32.2. The van der Waals surface area contributed by atoms with E-state index in [0.29, 0.717) is 6.10 Å². The van der Waals surface area contributed by atoms with Crippen molar-refractivity contribution in [1.82, 2.24) is 0 Å². The van der Waals surface area contributed by atoms with Crippen molar-refractivity contribution in [3.05, 3.63) is 0 Å². The Morgan fingerprint density at radius 1 is 0.938 bits per heavy atom. The van der Waals surface area contributed by atoms with Gasteiger partial charge in [0.1, 0.15) is 0 Å². The Labute approximate surface area is 106 Å². The number of unbranched alkanes of at least 4 members (excludes halogenated alkanes) is 8. The molecule has 0 saturated carbocycles. The number of ether oxygens (including phenoxy) is 1. The van der Waals surface area contributed by atoms with E-state index in [2.05, 4.69) is 18.7 Å². The van der Waals surface area contributed by atoms with Gasteiger partial charge in [0.25, 0.3) is 0 Å². The first-order valence-corrected chi connectivity index (χ1v) is 8.28. The monoisotopic (exact) mass is 244 g/mol. The van der Waals surface area contributed by atoms with E-state index in [4.69, 9.17) is 4.74 Å². The number of rotatable bonds is 12. The predicted molar refractivity (Wildman–Crippen MR) is 74.3 cm³/mol. The molecule has 0 radical (unpaired) electrons. The van der Waals surface area contributed by atoms with Crippen LogP contribution in [-0.2, 0) is 4.74 Å². The summed E-state index contributed by atoms with van der Waals surface area (Å²) in [6, 6.07) is 0. The smallest absolute Gasteiger partial charge is 0.0900 e. The van der Waals surface area contributed by atoms with Crippen LogP contribution in [0.25, 0.3) is 0 Å². The van der Waals surface area contributed by atoms with Crippen molar-refractivity contribution in [2.24, 2.45) is 0 Å². The molecule has 0 amide bonds. The van der Waals surface area contributed by atoms with Gasteiger partial charge >= 0.3 is 0 Å². The molecule has 1 atom stereocenters. The second kappa shape index (κ2) is 10.5. The normalized spacial score (nSPS) is 18.9. The third-order valence-electron chi connectivity index (χ3n) is 3.10. The zero-order valence-corrected chi connectivity index (χ0v) is 11.7. The summed E-state index contributed by atoms with van der Waals surface area (Å²) >= 11 is 2.07. The summed E-state index contributed by atoms with van der Waals surface area (Å²) in [5, 5.41) is 0. The molecule has 0 aromatic rings. The lowest BCUT2D eigenvalue weighted by atomic mass is 10.1. The van der Waals surface area contributed by atoms with Crippen LogP contribution in [0, 0.1) is 0 Å². The Hall–Kier alpha value is 0.310. The molecule has 0 bridgehead atoms. The summed E-state index contributed by atoms with van der Waals surface area (Å²) in [7, 11) is 0. The minimum atomic E-state index is 0.614. The maximum Gasteiger partial charge on any atom is 0.0900 e. The lowest BCUT2D eigenvalue weighted by Crippen LogP contribution is -1.91. The van der Waals surface area contributed by atoms with Gasteiger partial charge in [-0.05, 0) is 12.2 Å². The minimum Gasteiger partial charge on any atom is -0.372 e. The van der Waals surface area contributed by atoms with Gasteiger partial charge in [0, 0.05) is 5.75 Å². The van der Waals surface area contributed by atoms with Gasteiger partial charge in [0.15, 0.2) is 0 Å². The molecular formula is C14H28OS. The largest absolute Gasteiger partial charge is 0.372 e. The van der Waals surface area contributed by atoms with Crippen LogP contribution in [-0.4, -0.2) is 24.2 Å². The standard InChI is InChI=1S/C14H28OS/c1-2-3-4-5-6-7-8-9-10-11-16-13-14-12-15-14/h14H,2-13H2,1H3. The van der Waals surface area contributed by atoms with E-state index in [9.17, 15) is 0 Å². The molecule has 0 N–H and O–H groups in total. The number of hydrogen-bond donors (Lipinski definition) is 0. The van der Waals surface area contributed by atoms with E-state index < -0.39 is 0 Å². The quantitative estimate of drug-likeness (QED) is 0.366. The molecule has 0 aliphatic carbocycles. The maximum absolute atomic E-state index is 5.18. The van der Waals surface area contributed by atoms with Gasteiger partial charge in [0.05, 0.1) is 12.7 Å². The van der Waals surface area contributed by atoms with E-state index in [1.807, 2.05) is 0 Å². The van der Waals surface area contributed by atoms with Crippen molar-refractivity contribution >= 4 is 11.8 Å². The molecule has 1 unspecified atom stereocenters. The van der Waals surface area contributed by atoms with Crippen molar-refractivity contribution in [3.8, 4) is 0 Å². The van der Waals surface area contributed by atoms with Crippen LogP contribution in [0.5, 0.6) is 0 Å². The SMILES string of the molecule is CCCCCCCCCCCSCC1CO1. The highest BCUT2D eigenvalue weighted by molar-refractivity contribution is 7.99. The summed E-state index contributed by atoms with van der Waals surface area (Å²) in [6.07, 6.45) is 13.5. The first-order valence-electron chi connectivity index (χ1n) is 7.13. The van der Waals surface area contributed by atoms with Gasteiger partial charge in [-0.15, -0.1) is 0 Å². The van der Waals surface area contributed by atoms with Crippen LogP contribution < -0.4 is 0 Å². The van der Waals surface area contributed by atoms with Gasteiger partial charge in [-0.3, -0.25) is 0 Å². The fourth-order valence-corrected chi connectivity index (χ4v) is 2.92. The Bertz CT molecular complexity index is 146. The average molecular weight is 244 g/mol. The van der Waals surface area contributed by atoms with E-state index in [1.54, 1.807) is 0 Å². The molecule has 1 aliphatic rings. The Balaban J connectivity index is 1.61.